The van der Waals surface area contributed by atoms with Crippen molar-refractivity contribution in [2.45, 2.75) is 30.6 Å². The fourth-order valence-electron chi connectivity index (χ4n) is 10.6. The molecule has 0 spiro atoms. The number of benzene rings is 8. The largest absolute Gasteiger partial charge is 0.313 e. The van der Waals surface area contributed by atoms with Crippen LogP contribution in [-0.2, 0) is 0 Å². The molecule has 56 heavy (non-hydrogen) atoms. The van der Waals surface area contributed by atoms with Crippen LogP contribution in [0.5, 0.6) is 0 Å². The quantitative estimate of drug-likeness (QED) is 0.167. The molecule has 0 unspecified atom stereocenters. The van der Waals surface area contributed by atoms with Gasteiger partial charge in [-0.15, -0.1) is 0 Å². The highest BCUT2D eigenvalue weighted by molar-refractivity contribution is 8.00. The molecule has 0 saturated heterocycles. The lowest BCUT2D eigenvalue weighted by atomic mass is 9.30. The van der Waals surface area contributed by atoms with Gasteiger partial charge in [-0.1, -0.05) is 197 Å². The molecule has 0 amide bonds. The number of nitrogens with zero attached hydrogens (tertiary/aromatic N) is 1. The standard InChI is InChI=1S/C51H39B2NSSi/c1-34-31-35(2)49(36(3)32-34)53-42-28-27-40(56(37-17-7-4-8-18-37,38-19-9-5-10-20-38)39-21-11-6-12-22-39)33-46(42)54-45-25-15-13-23-41(45)52-43-24-14-16-26-47(43)55-48-30-29-44(53)51(54)50(48)52/h4-33H,1-3H3. The second kappa shape index (κ2) is 12.9. The Balaban J connectivity index is 1.27. The predicted octanol–water partition coefficient (Wildman–Crippen LogP) is 5.58. The third kappa shape index (κ3) is 4.77. The third-order valence-corrected chi connectivity index (χ3v) is 18.6. The van der Waals surface area contributed by atoms with Crippen LogP contribution in [0.3, 0.4) is 0 Å². The molecule has 3 aliphatic rings. The Bertz CT molecular complexity index is 2720. The van der Waals surface area contributed by atoms with Gasteiger partial charge in [0.05, 0.1) is 0 Å². The van der Waals surface area contributed by atoms with Gasteiger partial charge in [-0.25, -0.2) is 0 Å². The zero-order valence-electron chi connectivity index (χ0n) is 31.8. The molecule has 0 aromatic heterocycles. The lowest BCUT2D eigenvalue weighted by molar-refractivity contribution is 1.28. The zero-order valence-corrected chi connectivity index (χ0v) is 33.6. The highest BCUT2D eigenvalue weighted by Crippen LogP contribution is 2.42. The molecule has 3 aliphatic heterocycles. The molecule has 264 valence electrons. The van der Waals surface area contributed by atoms with Gasteiger partial charge in [-0.05, 0) is 87.6 Å². The van der Waals surface area contributed by atoms with Crippen molar-refractivity contribution in [1.82, 2.24) is 0 Å². The van der Waals surface area contributed by atoms with E-state index in [9.17, 15) is 0 Å². The first kappa shape index (κ1) is 33.6. The first-order chi connectivity index (χ1) is 27.5. The Hall–Kier alpha value is -5.74. The lowest BCUT2D eigenvalue weighted by Gasteiger charge is -2.46. The first-order valence-corrected chi connectivity index (χ1v) is 22.6. The average molecular weight is 748 g/mol. The van der Waals surface area contributed by atoms with Gasteiger partial charge in [0.15, 0.2) is 8.07 Å². The van der Waals surface area contributed by atoms with Gasteiger partial charge in [0.25, 0.3) is 0 Å². The van der Waals surface area contributed by atoms with Crippen molar-refractivity contribution in [2.24, 2.45) is 0 Å². The molecule has 0 N–H and O–H groups in total. The number of aryl methyl sites for hydroxylation is 3. The molecule has 0 saturated carbocycles. The summed E-state index contributed by atoms with van der Waals surface area (Å²) in [5, 5.41) is 5.56. The molecule has 8 aromatic rings. The fourth-order valence-corrected chi connectivity index (χ4v) is 16.5. The number of rotatable bonds is 5. The fraction of sp³-hybridized carbons (Fsp3) is 0.0588. The maximum absolute atomic E-state index is 2.81. The van der Waals surface area contributed by atoms with Crippen molar-refractivity contribution in [3.05, 3.63) is 199 Å². The Morgan fingerprint density at radius 2 is 0.929 bits per heavy atom. The van der Waals surface area contributed by atoms with Gasteiger partial charge in [0, 0.05) is 26.9 Å². The summed E-state index contributed by atoms with van der Waals surface area (Å²) in [7, 11) is -2.81. The minimum atomic E-state index is -2.81. The second-order valence-corrected chi connectivity index (χ2v) is 20.6. The van der Waals surface area contributed by atoms with Gasteiger partial charge < -0.3 is 4.90 Å². The molecule has 0 fully saturated rings. The predicted molar refractivity (Wildman–Crippen MR) is 245 cm³/mol. The Morgan fingerprint density at radius 3 is 1.57 bits per heavy atom. The van der Waals surface area contributed by atoms with Gasteiger partial charge in [-0.3, -0.25) is 0 Å². The summed E-state index contributed by atoms with van der Waals surface area (Å²) in [6.07, 6.45) is 0. The van der Waals surface area contributed by atoms with E-state index in [4.69, 9.17) is 0 Å². The van der Waals surface area contributed by atoms with Crippen LogP contribution >= 0.6 is 11.8 Å². The van der Waals surface area contributed by atoms with E-state index in [-0.39, 0.29) is 13.4 Å². The van der Waals surface area contributed by atoms with E-state index in [0.29, 0.717) is 0 Å². The van der Waals surface area contributed by atoms with Gasteiger partial charge >= 0.3 is 0 Å². The van der Waals surface area contributed by atoms with Crippen molar-refractivity contribution in [3.8, 4) is 0 Å². The second-order valence-electron chi connectivity index (χ2n) is 15.7. The number of hydrogen-bond donors (Lipinski definition) is 0. The minimum absolute atomic E-state index is 0.0884. The van der Waals surface area contributed by atoms with Crippen molar-refractivity contribution in [2.75, 3.05) is 4.90 Å². The first-order valence-electron chi connectivity index (χ1n) is 19.8. The zero-order chi connectivity index (χ0) is 37.5. The summed E-state index contributed by atoms with van der Waals surface area (Å²) < 4.78 is 0. The van der Waals surface area contributed by atoms with E-state index in [2.05, 4.69) is 208 Å². The summed E-state index contributed by atoms with van der Waals surface area (Å²) in [6.45, 7) is 7.13. The molecule has 8 aromatic carbocycles. The molecule has 5 heteroatoms. The summed E-state index contributed by atoms with van der Waals surface area (Å²) in [5.74, 6) is 0. The summed E-state index contributed by atoms with van der Waals surface area (Å²) >= 11 is 1.94. The van der Waals surface area contributed by atoms with Crippen LogP contribution in [0.15, 0.2) is 192 Å². The van der Waals surface area contributed by atoms with Gasteiger partial charge in [0.2, 0.25) is 13.4 Å². The van der Waals surface area contributed by atoms with E-state index < -0.39 is 8.07 Å². The van der Waals surface area contributed by atoms with Crippen LogP contribution in [0, 0.1) is 20.8 Å². The maximum Gasteiger partial charge on any atom is 0.249 e. The maximum atomic E-state index is 2.67. The summed E-state index contributed by atoms with van der Waals surface area (Å²) in [5.41, 5.74) is 16.4. The van der Waals surface area contributed by atoms with Crippen LogP contribution < -0.4 is 58.4 Å². The van der Waals surface area contributed by atoms with Gasteiger partial charge in [-0.2, -0.15) is 0 Å². The molecule has 11 rings (SSSR count). The van der Waals surface area contributed by atoms with Crippen LogP contribution in [0.4, 0.5) is 17.1 Å². The molecule has 3 heterocycles. The molecule has 0 radical (unpaired) electrons. The smallest absolute Gasteiger partial charge is 0.249 e. The van der Waals surface area contributed by atoms with Crippen LogP contribution in [0.25, 0.3) is 0 Å². The van der Waals surface area contributed by atoms with E-state index in [0.717, 1.165) is 0 Å². The number of fused-ring (bicyclic) bond motifs is 7. The normalized spacial score (nSPS) is 13.4. The SMILES string of the molecule is Cc1cc(C)c(B2c3ccc([Si](c4ccccc4)(c4ccccc4)c4ccccc4)cc3N3c4ccccc4B4c5ccccc5Sc5ccc2c3c54)c(C)c1. The van der Waals surface area contributed by atoms with Crippen molar-refractivity contribution in [3.63, 3.8) is 0 Å². The molecule has 0 atom stereocenters. The topological polar surface area (TPSA) is 3.24 Å². The van der Waals surface area contributed by atoms with Gasteiger partial charge in [0.1, 0.15) is 0 Å². The minimum Gasteiger partial charge on any atom is -0.313 e. The molecular formula is C51H39B2NSSi. The Kier molecular flexibility index (Phi) is 7.74. The molecular weight excluding hydrogens is 708 g/mol. The van der Waals surface area contributed by atoms with Crippen molar-refractivity contribution >= 4 is 104 Å². The van der Waals surface area contributed by atoms with E-state index >= 15 is 0 Å². The van der Waals surface area contributed by atoms with E-state index in [1.54, 1.807) is 0 Å². The summed E-state index contributed by atoms with van der Waals surface area (Å²) in [6, 6.07) is 69.6. The average Bonchev–Trinajstić information content (AvgIpc) is 3.24. The molecule has 0 aliphatic carbocycles. The molecule has 1 nitrogen and oxygen atoms in total. The third-order valence-electron chi connectivity index (χ3n) is 12.6. The highest BCUT2D eigenvalue weighted by Gasteiger charge is 2.48. The number of para-hydroxylation sites is 1. The Labute approximate surface area is 336 Å². The number of hydrogen-bond acceptors (Lipinski definition) is 2. The highest BCUT2D eigenvalue weighted by atomic mass is 32.2. The number of anilines is 3. The van der Waals surface area contributed by atoms with Crippen LogP contribution in [0.1, 0.15) is 16.7 Å². The Morgan fingerprint density at radius 1 is 0.411 bits per heavy atom. The molecule has 0 bridgehead atoms. The van der Waals surface area contributed by atoms with Crippen molar-refractivity contribution in [1.29, 1.82) is 0 Å². The lowest BCUT2D eigenvalue weighted by Crippen LogP contribution is -2.75. The monoisotopic (exact) mass is 747 g/mol. The van der Waals surface area contributed by atoms with Crippen molar-refractivity contribution < 1.29 is 0 Å². The van der Waals surface area contributed by atoms with Crippen LogP contribution in [-0.4, -0.2) is 21.5 Å². The van der Waals surface area contributed by atoms with E-state index in [1.807, 2.05) is 11.8 Å². The van der Waals surface area contributed by atoms with Crippen LogP contribution in [0.2, 0.25) is 0 Å². The van der Waals surface area contributed by atoms with E-state index in [1.165, 1.54) is 97.1 Å². The summed E-state index contributed by atoms with van der Waals surface area (Å²) in [4.78, 5) is 5.39.